The third kappa shape index (κ3) is 4.58. The Labute approximate surface area is 174 Å². The maximum Gasteiger partial charge on any atom is 0.138 e. The van der Waals surface area contributed by atoms with E-state index < -0.39 is 5.92 Å². The van der Waals surface area contributed by atoms with Gasteiger partial charge in [0.2, 0.25) is 0 Å². The van der Waals surface area contributed by atoms with E-state index in [1.165, 1.54) is 0 Å². The Morgan fingerprint density at radius 1 is 1.14 bits per heavy atom. The maximum absolute atomic E-state index is 10.7. The normalized spacial score (nSPS) is 12.9. The molecule has 2 rings (SSSR count). The first-order chi connectivity index (χ1) is 13.6. The summed E-state index contributed by atoms with van der Waals surface area (Å²) in [5.41, 5.74) is 5.12. The van der Waals surface area contributed by atoms with Crippen molar-refractivity contribution in [2.24, 2.45) is 0 Å². The lowest BCUT2D eigenvalue weighted by Crippen LogP contribution is -2.16. The van der Waals surface area contributed by atoms with Crippen LogP contribution in [0.4, 0.5) is 5.69 Å². The van der Waals surface area contributed by atoms with E-state index in [0.717, 1.165) is 28.8 Å². The van der Waals surface area contributed by atoms with Gasteiger partial charge in [0, 0.05) is 19.2 Å². The average molecular weight is 396 g/mol. The molecule has 0 spiro atoms. The van der Waals surface area contributed by atoms with Crippen molar-refractivity contribution < 1.29 is 15.3 Å². The quantitative estimate of drug-likeness (QED) is 0.485. The fourth-order valence-corrected chi connectivity index (χ4v) is 3.79. The third-order valence-corrected chi connectivity index (χ3v) is 5.49. The molecule has 1 atom stereocenters. The summed E-state index contributed by atoms with van der Waals surface area (Å²) >= 11 is 0. The Bertz CT molecular complexity index is 928. The second-order valence-electron chi connectivity index (χ2n) is 7.81. The molecule has 0 fully saturated rings. The van der Waals surface area contributed by atoms with E-state index in [4.69, 9.17) is 0 Å². The van der Waals surface area contributed by atoms with Crippen LogP contribution in [-0.2, 0) is 0 Å². The highest BCUT2D eigenvalue weighted by molar-refractivity contribution is 5.79. The van der Waals surface area contributed by atoms with Crippen LogP contribution in [0.2, 0.25) is 0 Å². The Morgan fingerprint density at radius 3 is 2.31 bits per heavy atom. The van der Waals surface area contributed by atoms with Gasteiger partial charge in [0.1, 0.15) is 11.5 Å². The molecule has 0 saturated carbocycles. The van der Waals surface area contributed by atoms with Gasteiger partial charge < -0.3 is 20.2 Å². The molecule has 0 radical (unpaired) electrons. The summed E-state index contributed by atoms with van der Waals surface area (Å²) in [5, 5.41) is 31.5. The van der Waals surface area contributed by atoms with E-state index in [1.54, 1.807) is 18.2 Å². The molecule has 156 valence electrons. The molecule has 0 aliphatic rings. The van der Waals surface area contributed by atoms with Crippen LogP contribution in [0.3, 0.4) is 0 Å². The number of hydrogen-bond donors (Lipinski definition) is 3. The van der Waals surface area contributed by atoms with Crippen molar-refractivity contribution in [1.82, 2.24) is 0 Å². The zero-order valence-electron chi connectivity index (χ0n) is 18.3. The number of phenolic OH excluding ortho intramolecular Hbond substituents is 2. The minimum atomic E-state index is -0.529. The van der Waals surface area contributed by atoms with Crippen molar-refractivity contribution in [3.63, 3.8) is 0 Å². The molecule has 0 saturated heterocycles. The average Bonchev–Trinajstić information content (AvgIpc) is 2.66. The molecule has 0 aliphatic heterocycles. The van der Waals surface area contributed by atoms with Gasteiger partial charge in [0.25, 0.3) is 0 Å². The smallest absolute Gasteiger partial charge is 0.138 e. The Kier molecular flexibility index (Phi) is 7.02. The minimum Gasteiger partial charge on any atom is -0.512 e. The van der Waals surface area contributed by atoms with E-state index in [-0.39, 0.29) is 17.3 Å². The fourth-order valence-electron chi connectivity index (χ4n) is 3.79. The first-order valence-electron chi connectivity index (χ1n) is 10.0. The Morgan fingerprint density at radius 2 is 1.79 bits per heavy atom. The largest absolute Gasteiger partial charge is 0.512 e. The predicted molar refractivity (Wildman–Crippen MR) is 122 cm³/mol. The number of phenols is 2. The summed E-state index contributed by atoms with van der Waals surface area (Å²) < 4.78 is 0. The summed E-state index contributed by atoms with van der Waals surface area (Å²) in [5.74, 6) is 0.124. The van der Waals surface area contributed by atoms with Gasteiger partial charge in [-0.25, -0.2) is 0 Å². The standard InChI is InChI=1S/C25H33NO3/c1-8-19(21-14-20(15(3)4)16(5)12-24(21)29)25(17(6)27)18-10-11-23(28)22(13-18)26(7)9-2/h8,10-15,25,27-29H,6,9H2,1-5,7H3/b19-8-. The Balaban J connectivity index is 2.67. The summed E-state index contributed by atoms with van der Waals surface area (Å²) in [4.78, 5) is 1.94. The van der Waals surface area contributed by atoms with Crippen LogP contribution in [0.25, 0.3) is 5.57 Å². The molecular weight excluding hydrogens is 362 g/mol. The monoisotopic (exact) mass is 395 g/mol. The molecule has 4 nitrogen and oxygen atoms in total. The minimum absolute atomic E-state index is 0.0139. The fraction of sp³-hybridized carbons (Fsp3) is 0.360. The third-order valence-electron chi connectivity index (χ3n) is 5.49. The highest BCUT2D eigenvalue weighted by Crippen LogP contribution is 2.43. The van der Waals surface area contributed by atoms with Crippen molar-refractivity contribution in [2.75, 3.05) is 18.5 Å². The van der Waals surface area contributed by atoms with E-state index in [1.807, 2.05) is 50.9 Å². The number of aliphatic hydroxyl groups excluding tert-OH is 1. The van der Waals surface area contributed by atoms with E-state index in [2.05, 4.69) is 20.4 Å². The predicted octanol–water partition coefficient (Wildman–Crippen LogP) is 6.24. The number of aromatic hydroxyl groups is 2. The first-order valence-corrected chi connectivity index (χ1v) is 10.0. The second kappa shape index (κ2) is 9.08. The number of nitrogens with zero attached hydrogens (tertiary/aromatic N) is 1. The van der Waals surface area contributed by atoms with Gasteiger partial charge in [-0.05, 0) is 73.2 Å². The van der Waals surface area contributed by atoms with Gasteiger partial charge in [0.15, 0.2) is 0 Å². The molecular formula is C25H33NO3. The summed E-state index contributed by atoms with van der Waals surface area (Å²) in [6.07, 6.45) is 1.90. The number of anilines is 1. The number of rotatable bonds is 7. The number of aryl methyl sites for hydroxylation is 1. The number of aliphatic hydroxyl groups is 1. The van der Waals surface area contributed by atoms with E-state index in [0.29, 0.717) is 17.2 Å². The molecule has 0 amide bonds. The second-order valence-corrected chi connectivity index (χ2v) is 7.81. The summed E-state index contributed by atoms with van der Waals surface area (Å²) in [6, 6.07) is 9.06. The molecule has 2 aromatic rings. The SMILES string of the molecule is C=C(O)C(/C(=C\C)c1cc(C(C)C)c(C)cc1O)c1ccc(O)c(N(C)CC)c1. The van der Waals surface area contributed by atoms with Crippen LogP contribution in [0.15, 0.2) is 48.7 Å². The van der Waals surface area contributed by atoms with Crippen LogP contribution >= 0.6 is 0 Å². The molecule has 0 aromatic heterocycles. The van der Waals surface area contributed by atoms with Gasteiger partial charge in [0.05, 0.1) is 17.4 Å². The number of allylic oxidation sites excluding steroid dienone is 2. The van der Waals surface area contributed by atoms with Gasteiger partial charge >= 0.3 is 0 Å². The number of benzene rings is 2. The van der Waals surface area contributed by atoms with E-state index >= 15 is 0 Å². The van der Waals surface area contributed by atoms with E-state index in [9.17, 15) is 15.3 Å². The van der Waals surface area contributed by atoms with Crippen molar-refractivity contribution in [1.29, 1.82) is 0 Å². The highest BCUT2D eigenvalue weighted by atomic mass is 16.3. The first kappa shape index (κ1) is 22.4. The lowest BCUT2D eigenvalue weighted by Gasteiger charge is -2.25. The van der Waals surface area contributed by atoms with Gasteiger partial charge in [-0.2, -0.15) is 0 Å². The molecule has 0 aliphatic carbocycles. The maximum atomic E-state index is 10.7. The summed E-state index contributed by atoms with van der Waals surface area (Å²) in [6.45, 7) is 14.7. The van der Waals surface area contributed by atoms with Crippen molar-refractivity contribution in [3.05, 3.63) is 71.0 Å². The molecule has 0 heterocycles. The van der Waals surface area contributed by atoms with Crippen LogP contribution in [0, 0.1) is 6.92 Å². The lowest BCUT2D eigenvalue weighted by molar-refractivity contribution is 0.389. The molecule has 29 heavy (non-hydrogen) atoms. The van der Waals surface area contributed by atoms with Crippen molar-refractivity contribution in [2.45, 2.75) is 46.5 Å². The number of hydrogen-bond acceptors (Lipinski definition) is 4. The molecule has 1 unspecified atom stereocenters. The molecule has 4 heteroatoms. The topological polar surface area (TPSA) is 63.9 Å². The van der Waals surface area contributed by atoms with Gasteiger partial charge in [-0.1, -0.05) is 32.6 Å². The van der Waals surface area contributed by atoms with Crippen LogP contribution < -0.4 is 4.90 Å². The van der Waals surface area contributed by atoms with Gasteiger partial charge in [-0.15, -0.1) is 0 Å². The lowest BCUT2D eigenvalue weighted by atomic mass is 9.82. The van der Waals surface area contributed by atoms with Crippen LogP contribution in [-0.4, -0.2) is 28.9 Å². The summed E-state index contributed by atoms with van der Waals surface area (Å²) in [7, 11) is 1.90. The molecule has 0 bridgehead atoms. The van der Waals surface area contributed by atoms with Crippen LogP contribution in [0.5, 0.6) is 11.5 Å². The highest BCUT2D eigenvalue weighted by Gasteiger charge is 2.25. The van der Waals surface area contributed by atoms with Crippen LogP contribution in [0.1, 0.15) is 61.8 Å². The zero-order chi connectivity index (χ0) is 21.9. The molecule has 3 N–H and O–H groups in total. The van der Waals surface area contributed by atoms with Crippen molar-refractivity contribution >= 4 is 11.3 Å². The van der Waals surface area contributed by atoms with Gasteiger partial charge in [-0.3, -0.25) is 0 Å². The Hall–Kier alpha value is -2.88. The zero-order valence-corrected chi connectivity index (χ0v) is 18.3. The van der Waals surface area contributed by atoms with Crippen molar-refractivity contribution in [3.8, 4) is 11.5 Å². The molecule has 2 aromatic carbocycles.